The van der Waals surface area contributed by atoms with Crippen LogP contribution in [0.15, 0.2) is 29.2 Å². The van der Waals surface area contributed by atoms with Crippen molar-refractivity contribution < 1.29 is 4.74 Å². The Bertz CT molecular complexity index is 393. The van der Waals surface area contributed by atoms with E-state index in [4.69, 9.17) is 4.74 Å². The Kier molecular flexibility index (Phi) is 3.64. The van der Waals surface area contributed by atoms with E-state index in [1.807, 2.05) is 0 Å². The maximum atomic E-state index is 5.53. The third-order valence-corrected chi connectivity index (χ3v) is 5.00. The van der Waals surface area contributed by atoms with Crippen LogP contribution < -0.4 is 5.32 Å². The number of nitrogens with one attached hydrogen (secondary N) is 1. The molecule has 3 heteroatoms. The third kappa shape index (κ3) is 2.31. The Hall–Kier alpha value is -0.510. The van der Waals surface area contributed by atoms with Gasteiger partial charge in [-0.1, -0.05) is 12.1 Å². The third-order valence-electron chi connectivity index (χ3n) is 4.26. The molecule has 1 aromatic carbocycles. The molecule has 0 radical (unpaired) electrons. The van der Waals surface area contributed by atoms with Crippen LogP contribution in [0.1, 0.15) is 24.8 Å². The second-order valence-electron chi connectivity index (χ2n) is 5.50. The van der Waals surface area contributed by atoms with Gasteiger partial charge in [-0.05, 0) is 49.8 Å². The summed E-state index contributed by atoms with van der Waals surface area (Å²) in [6.45, 7) is 2.97. The van der Waals surface area contributed by atoms with Crippen LogP contribution in [0.2, 0.25) is 0 Å². The van der Waals surface area contributed by atoms with Crippen LogP contribution in [0.5, 0.6) is 0 Å². The predicted octanol–water partition coefficient (Wildman–Crippen LogP) is 2.82. The first kappa shape index (κ1) is 12.5. The van der Waals surface area contributed by atoms with Crippen molar-refractivity contribution >= 4 is 11.8 Å². The summed E-state index contributed by atoms with van der Waals surface area (Å²) >= 11 is 1.80. The lowest BCUT2D eigenvalue weighted by Gasteiger charge is -2.43. The summed E-state index contributed by atoms with van der Waals surface area (Å²) in [4.78, 5) is 1.34. The highest BCUT2D eigenvalue weighted by molar-refractivity contribution is 7.98. The molecule has 2 heterocycles. The molecule has 0 aliphatic carbocycles. The molecule has 1 aromatic rings. The minimum absolute atomic E-state index is 0.277. The molecule has 0 spiro atoms. The molecule has 2 fully saturated rings. The number of thioether (sulfide) groups is 1. The largest absolute Gasteiger partial charge is 0.379 e. The summed E-state index contributed by atoms with van der Waals surface area (Å²) in [5.74, 6) is 0. The Balaban J connectivity index is 1.76. The first-order valence-corrected chi connectivity index (χ1v) is 8.01. The number of rotatable bonds is 4. The Morgan fingerprint density at radius 3 is 2.61 bits per heavy atom. The molecule has 2 nitrogen and oxygen atoms in total. The molecule has 0 bridgehead atoms. The van der Waals surface area contributed by atoms with Crippen molar-refractivity contribution in [3.05, 3.63) is 29.8 Å². The molecule has 0 saturated carbocycles. The van der Waals surface area contributed by atoms with E-state index in [-0.39, 0.29) is 5.41 Å². The van der Waals surface area contributed by atoms with E-state index in [1.165, 1.54) is 36.3 Å². The quantitative estimate of drug-likeness (QED) is 0.844. The highest BCUT2D eigenvalue weighted by Gasteiger charge is 2.42. The van der Waals surface area contributed by atoms with Crippen molar-refractivity contribution in [2.75, 3.05) is 26.0 Å². The standard InChI is InChI=1S/C15H21NOS/c1-18-14-6-4-12(5-7-14)15(10-17-11-15)9-13-3-2-8-16-13/h4-7,13,16H,2-3,8-11H2,1H3. The first-order valence-electron chi connectivity index (χ1n) is 6.78. The zero-order valence-corrected chi connectivity index (χ0v) is 11.8. The molecule has 0 amide bonds. The summed E-state index contributed by atoms with van der Waals surface area (Å²) in [5, 5.41) is 3.61. The van der Waals surface area contributed by atoms with E-state index in [0.717, 1.165) is 13.2 Å². The molecule has 1 atom stereocenters. The van der Waals surface area contributed by atoms with Crippen LogP contribution in [0, 0.1) is 0 Å². The lowest BCUT2D eigenvalue weighted by molar-refractivity contribution is -0.0679. The topological polar surface area (TPSA) is 21.3 Å². The average Bonchev–Trinajstić information content (AvgIpc) is 2.87. The molecule has 2 aliphatic heterocycles. The number of hydrogen-bond acceptors (Lipinski definition) is 3. The first-order chi connectivity index (χ1) is 8.82. The van der Waals surface area contributed by atoms with Gasteiger partial charge in [-0.15, -0.1) is 11.8 Å². The smallest absolute Gasteiger partial charge is 0.0586 e. The van der Waals surface area contributed by atoms with Crippen LogP contribution in [0.4, 0.5) is 0 Å². The summed E-state index contributed by atoms with van der Waals surface area (Å²) in [6.07, 6.45) is 6.00. The van der Waals surface area contributed by atoms with E-state index in [2.05, 4.69) is 35.8 Å². The Morgan fingerprint density at radius 1 is 1.33 bits per heavy atom. The minimum Gasteiger partial charge on any atom is -0.379 e. The zero-order chi connectivity index (χ0) is 12.4. The van der Waals surface area contributed by atoms with E-state index in [9.17, 15) is 0 Å². The van der Waals surface area contributed by atoms with Crippen LogP contribution in [-0.4, -0.2) is 32.1 Å². The Morgan fingerprint density at radius 2 is 2.11 bits per heavy atom. The van der Waals surface area contributed by atoms with E-state index in [1.54, 1.807) is 11.8 Å². The van der Waals surface area contributed by atoms with Gasteiger partial charge < -0.3 is 10.1 Å². The predicted molar refractivity (Wildman–Crippen MR) is 76.4 cm³/mol. The van der Waals surface area contributed by atoms with E-state index < -0.39 is 0 Å². The van der Waals surface area contributed by atoms with Gasteiger partial charge in [0.05, 0.1) is 13.2 Å². The van der Waals surface area contributed by atoms with E-state index >= 15 is 0 Å². The second-order valence-corrected chi connectivity index (χ2v) is 6.38. The molecule has 2 saturated heterocycles. The molecular formula is C15H21NOS. The van der Waals surface area contributed by atoms with Gasteiger partial charge in [0, 0.05) is 16.4 Å². The van der Waals surface area contributed by atoms with Gasteiger partial charge in [0.15, 0.2) is 0 Å². The Labute approximate surface area is 113 Å². The van der Waals surface area contributed by atoms with Crippen molar-refractivity contribution in [2.45, 2.75) is 35.6 Å². The highest BCUT2D eigenvalue weighted by atomic mass is 32.2. The molecule has 3 rings (SSSR count). The summed E-state index contributed by atoms with van der Waals surface area (Å²) in [7, 11) is 0. The fourth-order valence-corrected chi connectivity index (χ4v) is 3.51. The monoisotopic (exact) mass is 263 g/mol. The number of ether oxygens (including phenoxy) is 1. The fourth-order valence-electron chi connectivity index (χ4n) is 3.10. The minimum atomic E-state index is 0.277. The maximum Gasteiger partial charge on any atom is 0.0586 e. The van der Waals surface area contributed by atoms with Crippen molar-refractivity contribution in [2.24, 2.45) is 0 Å². The van der Waals surface area contributed by atoms with Gasteiger partial charge in [0.2, 0.25) is 0 Å². The van der Waals surface area contributed by atoms with Crippen molar-refractivity contribution in [3.63, 3.8) is 0 Å². The van der Waals surface area contributed by atoms with Crippen molar-refractivity contribution in [1.29, 1.82) is 0 Å². The fraction of sp³-hybridized carbons (Fsp3) is 0.600. The summed E-state index contributed by atoms with van der Waals surface area (Å²) in [6, 6.07) is 9.76. The second kappa shape index (κ2) is 5.24. The van der Waals surface area contributed by atoms with Crippen LogP contribution in [0.3, 0.4) is 0 Å². The zero-order valence-electron chi connectivity index (χ0n) is 10.9. The van der Waals surface area contributed by atoms with Gasteiger partial charge in [0.25, 0.3) is 0 Å². The van der Waals surface area contributed by atoms with E-state index in [0.29, 0.717) is 6.04 Å². The van der Waals surface area contributed by atoms with Gasteiger partial charge in [-0.25, -0.2) is 0 Å². The van der Waals surface area contributed by atoms with Crippen LogP contribution in [-0.2, 0) is 10.2 Å². The molecule has 98 valence electrons. The molecule has 18 heavy (non-hydrogen) atoms. The van der Waals surface area contributed by atoms with Crippen LogP contribution in [0.25, 0.3) is 0 Å². The van der Waals surface area contributed by atoms with Gasteiger partial charge in [-0.2, -0.15) is 0 Å². The lowest BCUT2D eigenvalue weighted by Crippen LogP contribution is -2.50. The van der Waals surface area contributed by atoms with Crippen molar-refractivity contribution in [1.82, 2.24) is 5.32 Å². The lowest BCUT2D eigenvalue weighted by atomic mass is 9.73. The van der Waals surface area contributed by atoms with Gasteiger partial charge in [0.1, 0.15) is 0 Å². The number of benzene rings is 1. The van der Waals surface area contributed by atoms with Crippen molar-refractivity contribution in [3.8, 4) is 0 Å². The van der Waals surface area contributed by atoms with Gasteiger partial charge in [-0.3, -0.25) is 0 Å². The average molecular weight is 263 g/mol. The molecule has 2 aliphatic rings. The molecule has 1 N–H and O–H groups in total. The SMILES string of the molecule is CSc1ccc(C2(CC3CCCN3)COC2)cc1. The van der Waals surface area contributed by atoms with Crippen LogP contribution >= 0.6 is 11.8 Å². The molecular weight excluding hydrogens is 242 g/mol. The summed E-state index contributed by atoms with van der Waals surface area (Å²) < 4.78 is 5.53. The summed E-state index contributed by atoms with van der Waals surface area (Å²) in [5.41, 5.74) is 1.74. The number of hydrogen-bond donors (Lipinski definition) is 1. The molecule has 0 aromatic heterocycles. The van der Waals surface area contributed by atoms with Gasteiger partial charge >= 0.3 is 0 Å². The molecule has 1 unspecified atom stereocenters. The highest BCUT2D eigenvalue weighted by Crippen LogP contribution is 2.38. The maximum absolute atomic E-state index is 5.53. The normalized spacial score (nSPS) is 25.9.